The van der Waals surface area contributed by atoms with Gasteiger partial charge < -0.3 is 4.18 Å². The molecule has 0 heterocycles. The standard InChI is InChI=1S/C17H16F6O6S2/c1-3-10(2)11-8-9-14(13-7-5-4-6-12(11)13)29-31(27,28)17(22,23)15(18,19)16(20,21)30(24,25)26/h4-10H,3H2,1-2H3,(H,24,25,26). The number of rotatable bonds is 8. The topological polar surface area (TPSA) is 97.7 Å². The van der Waals surface area contributed by atoms with Crippen LogP contribution in [0.1, 0.15) is 31.7 Å². The van der Waals surface area contributed by atoms with Gasteiger partial charge in [-0.3, -0.25) is 4.55 Å². The van der Waals surface area contributed by atoms with E-state index in [-0.39, 0.29) is 11.3 Å². The largest absolute Gasteiger partial charge is 0.450 e. The molecule has 31 heavy (non-hydrogen) atoms. The molecule has 0 spiro atoms. The van der Waals surface area contributed by atoms with Gasteiger partial charge in [-0.1, -0.05) is 44.2 Å². The number of benzene rings is 2. The molecule has 0 saturated carbocycles. The van der Waals surface area contributed by atoms with Crippen molar-refractivity contribution in [3.8, 4) is 5.75 Å². The van der Waals surface area contributed by atoms with Crippen molar-refractivity contribution in [1.82, 2.24) is 0 Å². The summed E-state index contributed by atoms with van der Waals surface area (Å²) >= 11 is 0. The van der Waals surface area contributed by atoms with Crippen LogP contribution >= 0.6 is 0 Å². The summed E-state index contributed by atoms with van der Waals surface area (Å²) in [6, 6.07) is 7.79. The Balaban J connectivity index is 2.62. The Morgan fingerprint density at radius 3 is 1.90 bits per heavy atom. The fourth-order valence-corrected chi connectivity index (χ4v) is 4.12. The first-order valence-electron chi connectivity index (χ1n) is 8.48. The monoisotopic (exact) mass is 494 g/mol. The van der Waals surface area contributed by atoms with Crippen molar-refractivity contribution in [2.45, 2.75) is 42.6 Å². The van der Waals surface area contributed by atoms with E-state index >= 15 is 0 Å². The van der Waals surface area contributed by atoms with Gasteiger partial charge in [0.25, 0.3) is 0 Å². The lowest BCUT2D eigenvalue weighted by Crippen LogP contribution is -2.61. The third-order valence-corrected chi connectivity index (χ3v) is 6.82. The molecule has 6 nitrogen and oxygen atoms in total. The van der Waals surface area contributed by atoms with Crippen molar-refractivity contribution in [1.29, 1.82) is 0 Å². The molecular formula is C17H16F6O6S2. The van der Waals surface area contributed by atoms with E-state index in [1.165, 1.54) is 30.3 Å². The highest BCUT2D eigenvalue weighted by atomic mass is 32.2. The van der Waals surface area contributed by atoms with Gasteiger partial charge in [-0.2, -0.15) is 43.2 Å². The Kier molecular flexibility index (Phi) is 6.35. The first kappa shape index (κ1) is 25.2. The molecule has 2 rings (SSSR count). The molecule has 14 heteroatoms. The molecule has 0 bridgehead atoms. The smallest absolute Gasteiger partial charge is 0.377 e. The third kappa shape index (κ3) is 3.96. The van der Waals surface area contributed by atoms with Crippen molar-refractivity contribution < 1.29 is 51.9 Å². The Morgan fingerprint density at radius 2 is 1.42 bits per heavy atom. The Hall–Kier alpha value is -2.06. The number of alkyl halides is 6. The van der Waals surface area contributed by atoms with Crippen LogP contribution in [0.4, 0.5) is 26.3 Å². The van der Waals surface area contributed by atoms with Crippen LogP contribution in [0.15, 0.2) is 36.4 Å². The van der Waals surface area contributed by atoms with Crippen LogP contribution in [-0.4, -0.2) is 37.8 Å². The van der Waals surface area contributed by atoms with Gasteiger partial charge in [0.2, 0.25) is 0 Å². The van der Waals surface area contributed by atoms with Crippen molar-refractivity contribution in [3.63, 3.8) is 0 Å². The SMILES string of the molecule is CCC(C)c1ccc(OS(=O)(=O)C(F)(F)C(F)(F)C(F)(F)S(=O)(=O)O)c2ccccc12. The second-order valence-corrected chi connectivity index (χ2v) is 9.68. The van der Waals surface area contributed by atoms with E-state index in [0.717, 1.165) is 6.07 Å². The maximum Gasteiger partial charge on any atom is 0.450 e. The molecule has 1 unspecified atom stereocenters. The molecular weight excluding hydrogens is 478 g/mol. The van der Waals surface area contributed by atoms with Crippen molar-refractivity contribution in [2.75, 3.05) is 0 Å². The van der Waals surface area contributed by atoms with Crippen LogP contribution < -0.4 is 4.18 Å². The summed E-state index contributed by atoms with van der Waals surface area (Å²) in [5.41, 5.74) is 0.651. The molecule has 2 aromatic carbocycles. The maximum atomic E-state index is 14.0. The molecule has 0 radical (unpaired) electrons. The molecule has 0 fully saturated rings. The van der Waals surface area contributed by atoms with Gasteiger partial charge >= 0.3 is 36.7 Å². The van der Waals surface area contributed by atoms with Crippen molar-refractivity contribution in [3.05, 3.63) is 42.0 Å². The van der Waals surface area contributed by atoms with Gasteiger partial charge in [0, 0.05) is 5.39 Å². The van der Waals surface area contributed by atoms with Gasteiger partial charge in [0.05, 0.1) is 0 Å². The first-order chi connectivity index (χ1) is 13.9. The van der Waals surface area contributed by atoms with Crippen LogP contribution in [0, 0.1) is 0 Å². The number of hydrogen-bond acceptors (Lipinski definition) is 5. The molecule has 174 valence electrons. The summed E-state index contributed by atoms with van der Waals surface area (Å²) in [5.74, 6) is -8.01. The zero-order valence-corrected chi connectivity index (χ0v) is 17.5. The fourth-order valence-electron chi connectivity index (χ4n) is 2.68. The first-order valence-corrected chi connectivity index (χ1v) is 11.3. The Labute approximate surface area is 173 Å². The molecule has 0 amide bonds. The van der Waals surface area contributed by atoms with Crippen LogP contribution in [0.5, 0.6) is 5.75 Å². The molecule has 0 aliphatic heterocycles. The highest BCUT2D eigenvalue weighted by Crippen LogP contribution is 2.51. The van der Waals surface area contributed by atoms with Gasteiger partial charge in [0.1, 0.15) is 0 Å². The minimum atomic E-state index is -7.11. The van der Waals surface area contributed by atoms with Gasteiger partial charge in [-0.25, -0.2) is 0 Å². The lowest BCUT2D eigenvalue weighted by Gasteiger charge is -2.29. The number of halogens is 6. The van der Waals surface area contributed by atoms with E-state index in [4.69, 9.17) is 4.55 Å². The molecule has 2 aromatic rings. The van der Waals surface area contributed by atoms with Crippen molar-refractivity contribution in [2.24, 2.45) is 0 Å². The normalized spacial score (nSPS) is 15.1. The van der Waals surface area contributed by atoms with Crippen LogP contribution in [-0.2, 0) is 20.2 Å². The van der Waals surface area contributed by atoms with E-state index in [2.05, 4.69) is 4.18 Å². The molecule has 0 aliphatic rings. The van der Waals surface area contributed by atoms with Gasteiger partial charge in [-0.05, 0) is 29.4 Å². The van der Waals surface area contributed by atoms with E-state index in [1.807, 2.05) is 13.8 Å². The fraction of sp³-hybridized carbons (Fsp3) is 0.412. The quantitative estimate of drug-likeness (QED) is 0.323. The van der Waals surface area contributed by atoms with Gasteiger partial charge in [0.15, 0.2) is 5.75 Å². The summed E-state index contributed by atoms with van der Waals surface area (Å²) in [6.07, 6.45) is 0.636. The molecule has 1 N–H and O–H groups in total. The maximum absolute atomic E-state index is 14.0. The van der Waals surface area contributed by atoms with Crippen LogP contribution in [0.3, 0.4) is 0 Å². The molecule has 0 aromatic heterocycles. The summed E-state index contributed by atoms with van der Waals surface area (Å²) in [5, 5.41) is -13.3. The van der Waals surface area contributed by atoms with Gasteiger partial charge in [-0.15, -0.1) is 0 Å². The third-order valence-electron chi connectivity index (χ3n) is 4.63. The van der Waals surface area contributed by atoms with E-state index in [1.54, 1.807) is 0 Å². The van der Waals surface area contributed by atoms with E-state index in [9.17, 15) is 43.2 Å². The summed E-state index contributed by atoms with van der Waals surface area (Å²) < 4.78 is 139. The summed E-state index contributed by atoms with van der Waals surface area (Å²) in [4.78, 5) is 0. The predicted octanol–water partition coefficient (Wildman–Crippen LogP) is 4.77. The number of fused-ring (bicyclic) bond motifs is 1. The number of hydrogen-bond donors (Lipinski definition) is 1. The molecule has 0 saturated heterocycles. The molecule has 1 atom stereocenters. The highest BCUT2D eigenvalue weighted by molar-refractivity contribution is 7.88. The van der Waals surface area contributed by atoms with E-state index < -0.39 is 42.4 Å². The summed E-state index contributed by atoms with van der Waals surface area (Å²) in [6.45, 7) is 3.65. The lowest BCUT2D eigenvalue weighted by molar-refractivity contribution is -0.247. The van der Waals surface area contributed by atoms with E-state index in [0.29, 0.717) is 17.4 Å². The highest BCUT2D eigenvalue weighted by Gasteiger charge is 2.83. The molecule has 0 aliphatic carbocycles. The summed E-state index contributed by atoms with van der Waals surface area (Å²) in [7, 11) is -14.0. The zero-order chi connectivity index (χ0) is 24.0. The van der Waals surface area contributed by atoms with Crippen LogP contribution in [0.25, 0.3) is 10.8 Å². The minimum absolute atomic E-state index is 0.0743. The second-order valence-electron chi connectivity index (χ2n) is 6.63. The Bertz CT molecular complexity index is 1190. The predicted molar refractivity (Wildman–Crippen MR) is 98.6 cm³/mol. The van der Waals surface area contributed by atoms with Crippen LogP contribution in [0.2, 0.25) is 0 Å². The average molecular weight is 494 g/mol. The average Bonchev–Trinajstić information content (AvgIpc) is 2.66. The van der Waals surface area contributed by atoms with Crippen molar-refractivity contribution >= 4 is 31.0 Å². The minimum Gasteiger partial charge on any atom is -0.377 e. The second kappa shape index (κ2) is 7.81. The lowest BCUT2D eigenvalue weighted by atomic mass is 9.93. The Morgan fingerprint density at radius 1 is 0.903 bits per heavy atom. The zero-order valence-electron chi connectivity index (χ0n) is 15.8.